The van der Waals surface area contributed by atoms with Gasteiger partial charge in [-0.1, -0.05) is 72.1 Å². The molecule has 0 unspecified atom stereocenters. The molecule has 7 nitrogen and oxygen atoms in total. The molecule has 0 aliphatic carbocycles. The summed E-state index contributed by atoms with van der Waals surface area (Å²) in [6, 6.07) is 17.3. The van der Waals surface area contributed by atoms with E-state index < -0.39 is 28.5 Å². The summed E-state index contributed by atoms with van der Waals surface area (Å²) in [6.45, 7) is 8.80. The predicted molar refractivity (Wildman–Crippen MR) is 161 cm³/mol. The van der Waals surface area contributed by atoms with Crippen molar-refractivity contribution in [2.75, 3.05) is 10.8 Å². The van der Waals surface area contributed by atoms with Gasteiger partial charge in [-0.3, -0.25) is 13.9 Å². The Morgan fingerprint density at radius 3 is 2.10 bits per heavy atom. The SMILES string of the molecule is CC[C@@H](C)NC(=O)[C@@H](C)N(Cc1ccccc1C)C(=O)CN(c1cc(Cl)cc(Cl)c1)S(=O)(=O)c1ccc(C)cc1. The first-order valence-corrected chi connectivity index (χ1v) is 15.2. The minimum atomic E-state index is -4.21. The lowest BCUT2D eigenvalue weighted by molar-refractivity contribution is -0.139. The summed E-state index contributed by atoms with van der Waals surface area (Å²) in [5.74, 6) is -0.878. The average molecular weight is 605 g/mol. The number of anilines is 1. The zero-order valence-electron chi connectivity index (χ0n) is 23.3. The number of aryl methyl sites for hydroxylation is 2. The average Bonchev–Trinajstić information content (AvgIpc) is 2.90. The van der Waals surface area contributed by atoms with Crippen molar-refractivity contribution in [3.63, 3.8) is 0 Å². The van der Waals surface area contributed by atoms with Gasteiger partial charge in [-0.15, -0.1) is 0 Å². The van der Waals surface area contributed by atoms with Crippen LogP contribution in [-0.2, 0) is 26.2 Å². The van der Waals surface area contributed by atoms with E-state index >= 15 is 0 Å². The Morgan fingerprint density at radius 1 is 0.925 bits per heavy atom. The maximum absolute atomic E-state index is 14.0. The van der Waals surface area contributed by atoms with Gasteiger partial charge in [0.15, 0.2) is 0 Å². The van der Waals surface area contributed by atoms with E-state index in [0.717, 1.165) is 27.4 Å². The third-order valence-corrected chi connectivity index (χ3v) is 9.02. The molecule has 10 heteroatoms. The van der Waals surface area contributed by atoms with E-state index in [1.807, 2.05) is 52.0 Å². The molecule has 0 bridgehead atoms. The Balaban J connectivity index is 2.07. The maximum atomic E-state index is 14.0. The molecular formula is C30H35Cl2N3O4S. The summed E-state index contributed by atoms with van der Waals surface area (Å²) in [5.41, 5.74) is 2.82. The first-order chi connectivity index (χ1) is 18.8. The highest BCUT2D eigenvalue weighted by Gasteiger charge is 2.33. The van der Waals surface area contributed by atoms with Crippen molar-refractivity contribution >= 4 is 50.7 Å². The smallest absolute Gasteiger partial charge is 0.264 e. The van der Waals surface area contributed by atoms with Crippen LogP contribution in [0.1, 0.15) is 43.9 Å². The molecule has 3 rings (SSSR count). The normalized spacial score (nSPS) is 12.9. The first-order valence-electron chi connectivity index (χ1n) is 13.0. The molecule has 0 aromatic heterocycles. The fourth-order valence-corrected chi connectivity index (χ4v) is 5.98. The monoisotopic (exact) mass is 603 g/mol. The molecule has 40 heavy (non-hydrogen) atoms. The van der Waals surface area contributed by atoms with Gasteiger partial charge in [0.05, 0.1) is 10.6 Å². The van der Waals surface area contributed by atoms with Gasteiger partial charge in [0, 0.05) is 22.6 Å². The summed E-state index contributed by atoms with van der Waals surface area (Å²) < 4.78 is 28.8. The van der Waals surface area contributed by atoms with Crippen molar-refractivity contribution in [1.82, 2.24) is 10.2 Å². The summed E-state index contributed by atoms with van der Waals surface area (Å²) in [5, 5.41) is 3.37. The van der Waals surface area contributed by atoms with Gasteiger partial charge in [-0.05, 0) is 75.6 Å². The third-order valence-electron chi connectivity index (χ3n) is 6.79. The fraction of sp³-hybridized carbons (Fsp3) is 0.333. The number of carbonyl (C=O) groups excluding carboxylic acids is 2. The van der Waals surface area contributed by atoms with Crippen LogP contribution in [0.5, 0.6) is 0 Å². The van der Waals surface area contributed by atoms with Crippen LogP contribution in [0.3, 0.4) is 0 Å². The summed E-state index contributed by atoms with van der Waals surface area (Å²) in [4.78, 5) is 28.6. The van der Waals surface area contributed by atoms with Gasteiger partial charge in [0.25, 0.3) is 10.0 Å². The summed E-state index contributed by atoms with van der Waals surface area (Å²) in [6.07, 6.45) is 0.725. The number of hydrogen-bond donors (Lipinski definition) is 1. The van der Waals surface area contributed by atoms with Crippen LogP contribution in [0.15, 0.2) is 71.6 Å². The lowest BCUT2D eigenvalue weighted by atomic mass is 10.1. The molecule has 0 saturated heterocycles. The Bertz CT molecular complexity index is 1440. The highest BCUT2D eigenvalue weighted by atomic mass is 35.5. The standard InChI is InChI=1S/C30H35Cl2N3O4S/c1-6-22(4)33-30(37)23(5)34(18-24-10-8-7-9-21(24)3)29(36)19-35(27-16-25(31)15-26(32)17-27)40(38,39)28-13-11-20(2)12-14-28/h7-17,22-23H,6,18-19H2,1-5H3,(H,33,37)/t22-,23-/m1/s1. The zero-order valence-corrected chi connectivity index (χ0v) is 25.6. The quantitative estimate of drug-likeness (QED) is 0.285. The molecule has 0 radical (unpaired) electrons. The number of halogens is 2. The van der Waals surface area contributed by atoms with E-state index in [9.17, 15) is 18.0 Å². The molecular weight excluding hydrogens is 569 g/mol. The molecule has 1 N–H and O–H groups in total. The highest BCUT2D eigenvalue weighted by molar-refractivity contribution is 7.92. The molecule has 2 amide bonds. The van der Waals surface area contributed by atoms with Crippen molar-refractivity contribution in [2.45, 2.75) is 64.6 Å². The van der Waals surface area contributed by atoms with Crippen LogP contribution in [0.4, 0.5) is 5.69 Å². The molecule has 0 saturated carbocycles. The van der Waals surface area contributed by atoms with Crippen LogP contribution >= 0.6 is 23.2 Å². The lowest BCUT2D eigenvalue weighted by Crippen LogP contribution is -2.52. The van der Waals surface area contributed by atoms with Crippen molar-refractivity contribution in [3.05, 3.63) is 93.5 Å². The molecule has 214 valence electrons. The van der Waals surface area contributed by atoms with Gasteiger partial charge in [0.2, 0.25) is 11.8 Å². The van der Waals surface area contributed by atoms with Crippen molar-refractivity contribution in [3.8, 4) is 0 Å². The highest BCUT2D eigenvalue weighted by Crippen LogP contribution is 2.30. The van der Waals surface area contributed by atoms with Crippen molar-refractivity contribution in [2.24, 2.45) is 0 Å². The van der Waals surface area contributed by atoms with Gasteiger partial charge in [-0.25, -0.2) is 8.42 Å². The summed E-state index contributed by atoms with van der Waals surface area (Å²) >= 11 is 12.5. The summed E-state index contributed by atoms with van der Waals surface area (Å²) in [7, 11) is -4.21. The molecule has 3 aromatic carbocycles. The maximum Gasteiger partial charge on any atom is 0.264 e. The molecule has 0 aliphatic rings. The minimum Gasteiger partial charge on any atom is -0.352 e. The second-order valence-corrected chi connectivity index (χ2v) is 12.6. The van der Waals surface area contributed by atoms with E-state index in [0.29, 0.717) is 0 Å². The number of nitrogens with one attached hydrogen (secondary N) is 1. The fourth-order valence-electron chi connectivity index (χ4n) is 4.07. The van der Waals surface area contributed by atoms with E-state index in [1.54, 1.807) is 19.1 Å². The second kappa shape index (κ2) is 13.5. The van der Waals surface area contributed by atoms with E-state index in [-0.39, 0.29) is 39.1 Å². The third kappa shape index (κ3) is 7.77. The van der Waals surface area contributed by atoms with E-state index in [2.05, 4.69) is 5.32 Å². The number of sulfonamides is 1. The van der Waals surface area contributed by atoms with Gasteiger partial charge >= 0.3 is 0 Å². The molecule has 2 atom stereocenters. The lowest BCUT2D eigenvalue weighted by Gasteiger charge is -2.33. The number of nitrogens with zero attached hydrogens (tertiary/aromatic N) is 2. The topological polar surface area (TPSA) is 86.8 Å². The Morgan fingerprint density at radius 2 is 1.52 bits per heavy atom. The number of hydrogen-bond acceptors (Lipinski definition) is 4. The van der Waals surface area contributed by atoms with Crippen LogP contribution in [0.25, 0.3) is 0 Å². The van der Waals surface area contributed by atoms with Crippen LogP contribution in [0.2, 0.25) is 10.0 Å². The first kappa shape index (κ1) is 31.5. The number of carbonyl (C=O) groups is 2. The zero-order chi connectivity index (χ0) is 29.6. The number of amides is 2. The predicted octanol–water partition coefficient (Wildman–Crippen LogP) is 6.14. The van der Waals surface area contributed by atoms with Crippen LogP contribution in [-0.4, -0.2) is 43.8 Å². The molecule has 0 spiro atoms. The number of benzene rings is 3. The van der Waals surface area contributed by atoms with Crippen molar-refractivity contribution < 1.29 is 18.0 Å². The van der Waals surface area contributed by atoms with Crippen molar-refractivity contribution in [1.29, 1.82) is 0 Å². The van der Waals surface area contributed by atoms with Crippen LogP contribution in [0, 0.1) is 13.8 Å². The Labute approximate surface area is 247 Å². The van der Waals surface area contributed by atoms with Crippen LogP contribution < -0.4 is 9.62 Å². The Kier molecular flexibility index (Phi) is 10.6. The number of rotatable bonds is 11. The molecule has 0 aliphatic heterocycles. The molecule has 0 heterocycles. The Hall–Kier alpha value is -3.07. The van der Waals surface area contributed by atoms with Gasteiger partial charge in [-0.2, -0.15) is 0 Å². The second-order valence-electron chi connectivity index (χ2n) is 9.89. The van der Waals surface area contributed by atoms with E-state index in [4.69, 9.17) is 23.2 Å². The molecule has 3 aromatic rings. The largest absolute Gasteiger partial charge is 0.352 e. The molecule has 0 fully saturated rings. The van der Waals surface area contributed by atoms with Gasteiger partial charge in [0.1, 0.15) is 12.6 Å². The minimum absolute atomic E-state index is 0.00927. The van der Waals surface area contributed by atoms with E-state index in [1.165, 1.54) is 35.2 Å². The van der Waals surface area contributed by atoms with Gasteiger partial charge < -0.3 is 10.2 Å².